The molecule has 0 saturated carbocycles. The SMILES string of the molecule is C[C@H](NC(=O)C(F)(F)F)c1ccc(S(=O)(=O)c2ccc3c(ccn3C)c2S(=O)c2cccnc2)cc1. The van der Waals surface area contributed by atoms with Gasteiger partial charge in [0.05, 0.1) is 36.4 Å². The molecular weight excluding hydrogens is 515 g/mol. The van der Waals surface area contributed by atoms with Gasteiger partial charge in [-0.2, -0.15) is 13.2 Å². The Morgan fingerprint density at radius 1 is 1.08 bits per heavy atom. The zero-order valence-electron chi connectivity index (χ0n) is 19.0. The van der Waals surface area contributed by atoms with E-state index in [1.54, 1.807) is 42.1 Å². The van der Waals surface area contributed by atoms with Crippen LogP contribution < -0.4 is 5.32 Å². The van der Waals surface area contributed by atoms with E-state index in [1.165, 1.54) is 49.6 Å². The van der Waals surface area contributed by atoms with Crippen LogP contribution in [0.15, 0.2) is 92.8 Å². The maximum absolute atomic E-state index is 13.7. The average Bonchev–Trinajstić information content (AvgIpc) is 3.23. The van der Waals surface area contributed by atoms with E-state index < -0.39 is 38.8 Å². The summed E-state index contributed by atoms with van der Waals surface area (Å²) in [5.41, 5.74) is 0.968. The number of hydrogen-bond acceptors (Lipinski definition) is 5. The predicted octanol–water partition coefficient (Wildman–Crippen LogP) is 4.31. The van der Waals surface area contributed by atoms with Gasteiger partial charge in [0.25, 0.3) is 0 Å². The fourth-order valence-corrected chi connectivity index (χ4v) is 6.83. The number of carbonyl (C=O) groups excluding carboxylic acids is 1. The van der Waals surface area contributed by atoms with Crippen molar-refractivity contribution in [2.75, 3.05) is 0 Å². The summed E-state index contributed by atoms with van der Waals surface area (Å²) in [6.07, 6.45) is -0.384. The summed E-state index contributed by atoms with van der Waals surface area (Å²) in [7, 11) is -4.28. The minimum absolute atomic E-state index is 0.107. The summed E-state index contributed by atoms with van der Waals surface area (Å²) in [5, 5.41) is 2.33. The van der Waals surface area contributed by atoms with E-state index >= 15 is 0 Å². The normalized spacial score (nSPS) is 13.9. The van der Waals surface area contributed by atoms with Gasteiger partial charge < -0.3 is 9.88 Å². The van der Waals surface area contributed by atoms with Crippen molar-refractivity contribution in [3.63, 3.8) is 0 Å². The molecule has 0 aliphatic rings. The number of aryl methyl sites for hydroxylation is 1. The Labute approximate surface area is 207 Å². The summed E-state index contributed by atoms with van der Waals surface area (Å²) in [5.74, 6) is -2.09. The van der Waals surface area contributed by atoms with Gasteiger partial charge in [-0.3, -0.25) is 9.78 Å². The van der Waals surface area contributed by atoms with Crippen molar-refractivity contribution in [2.45, 2.75) is 38.7 Å². The molecule has 36 heavy (non-hydrogen) atoms. The van der Waals surface area contributed by atoms with Crippen molar-refractivity contribution in [1.29, 1.82) is 0 Å². The average molecular weight is 536 g/mol. The van der Waals surface area contributed by atoms with Gasteiger partial charge in [0.1, 0.15) is 0 Å². The zero-order chi connectivity index (χ0) is 26.3. The topological polar surface area (TPSA) is 98.1 Å². The molecule has 0 spiro atoms. The second-order valence-electron chi connectivity index (χ2n) is 7.98. The summed E-state index contributed by atoms with van der Waals surface area (Å²) < 4.78 is 80.3. The summed E-state index contributed by atoms with van der Waals surface area (Å²) in [6, 6.07) is 12.0. The zero-order valence-corrected chi connectivity index (χ0v) is 20.6. The molecule has 2 heterocycles. The van der Waals surface area contributed by atoms with Gasteiger partial charge in [0, 0.05) is 36.5 Å². The Bertz CT molecular complexity index is 1570. The summed E-state index contributed by atoms with van der Waals surface area (Å²) in [4.78, 5) is 15.3. The van der Waals surface area contributed by atoms with E-state index in [4.69, 9.17) is 0 Å². The number of alkyl halides is 3. The minimum Gasteiger partial charge on any atom is -0.351 e. The van der Waals surface area contributed by atoms with Gasteiger partial charge >= 0.3 is 12.1 Å². The van der Waals surface area contributed by atoms with Gasteiger partial charge in [-0.1, -0.05) is 12.1 Å². The van der Waals surface area contributed by atoms with Gasteiger partial charge in [0.15, 0.2) is 0 Å². The van der Waals surface area contributed by atoms with Gasteiger partial charge in [-0.05, 0) is 55.0 Å². The molecule has 0 aliphatic carbocycles. The monoisotopic (exact) mass is 535 g/mol. The fraction of sp³-hybridized carbons (Fsp3) is 0.167. The number of fused-ring (bicyclic) bond motifs is 1. The van der Waals surface area contributed by atoms with Gasteiger partial charge in [-0.25, -0.2) is 12.6 Å². The van der Waals surface area contributed by atoms with Crippen molar-refractivity contribution >= 4 is 37.4 Å². The lowest BCUT2D eigenvalue weighted by Gasteiger charge is -2.16. The molecule has 188 valence electrons. The Balaban J connectivity index is 1.77. The summed E-state index contributed by atoms with van der Waals surface area (Å²) >= 11 is 0. The van der Waals surface area contributed by atoms with Crippen LogP contribution in [0.25, 0.3) is 10.9 Å². The molecule has 0 aliphatic heterocycles. The Hall–Kier alpha value is -3.51. The number of carbonyl (C=O) groups is 1. The van der Waals surface area contributed by atoms with E-state index in [-0.39, 0.29) is 20.2 Å². The molecule has 2 atom stereocenters. The Kier molecular flexibility index (Phi) is 6.76. The third kappa shape index (κ3) is 4.78. The van der Waals surface area contributed by atoms with Crippen molar-refractivity contribution < 1.29 is 30.6 Å². The number of sulfone groups is 1. The first kappa shape index (κ1) is 25.6. The lowest BCUT2D eigenvalue weighted by atomic mass is 10.1. The van der Waals surface area contributed by atoms with Crippen LogP contribution in [0.2, 0.25) is 0 Å². The molecule has 4 rings (SSSR count). The van der Waals surface area contributed by atoms with Crippen LogP contribution in [0.3, 0.4) is 0 Å². The molecule has 2 aromatic carbocycles. The van der Waals surface area contributed by atoms with Crippen molar-refractivity contribution in [1.82, 2.24) is 14.9 Å². The molecule has 0 saturated heterocycles. The van der Waals surface area contributed by atoms with E-state index in [2.05, 4.69) is 4.98 Å². The standard InChI is InChI=1S/C24H20F3N3O4S2/c1-15(29-23(31)24(25,26)27)16-5-7-18(8-6-16)36(33,34)21-10-9-20-19(11-13-30(20)2)22(21)35(32)17-4-3-12-28-14-17/h3-15H,1-2H3,(H,29,31)/t15-,35?/m0/s1. The highest BCUT2D eigenvalue weighted by Gasteiger charge is 2.39. The number of rotatable bonds is 6. The number of pyridine rings is 1. The quantitative estimate of drug-likeness (QED) is 0.397. The highest BCUT2D eigenvalue weighted by atomic mass is 32.2. The van der Waals surface area contributed by atoms with E-state index in [0.29, 0.717) is 15.8 Å². The number of benzene rings is 2. The van der Waals surface area contributed by atoms with Crippen LogP contribution in [0, 0.1) is 0 Å². The smallest absolute Gasteiger partial charge is 0.351 e. The largest absolute Gasteiger partial charge is 0.471 e. The van der Waals surface area contributed by atoms with E-state index in [1.807, 2.05) is 5.32 Å². The van der Waals surface area contributed by atoms with Crippen LogP contribution in [0.4, 0.5) is 13.2 Å². The number of nitrogens with zero attached hydrogens (tertiary/aromatic N) is 2. The molecule has 2 aromatic heterocycles. The van der Waals surface area contributed by atoms with Crippen molar-refractivity contribution in [3.8, 4) is 0 Å². The molecule has 0 radical (unpaired) electrons. The molecule has 1 amide bonds. The fourth-order valence-electron chi connectivity index (χ4n) is 3.71. The lowest BCUT2D eigenvalue weighted by Crippen LogP contribution is -2.38. The van der Waals surface area contributed by atoms with Crippen LogP contribution in [-0.2, 0) is 32.5 Å². The number of halogens is 3. The first-order valence-corrected chi connectivity index (χ1v) is 13.2. The Morgan fingerprint density at radius 2 is 1.78 bits per heavy atom. The highest BCUT2D eigenvalue weighted by molar-refractivity contribution is 7.92. The van der Waals surface area contributed by atoms with E-state index in [0.717, 1.165) is 0 Å². The second-order valence-corrected chi connectivity index (χ2v) is 11.3. The number of nitrogens with one attached hydrogen (secondary N) is 1. The third-order valence-electron chi connectivity index (χ3n) is 5.60. The molecule has 12 heteroatoms. The maximum Gasteiger partial charge on any atom is 0.471 e. The first-order valence-electron chi connectivity index (χ1n) is 10.5. The third-order valence-corrected chi connectivity index (χ3v) is 9.02. The van der Waals surface area contributed by atoms with E-state index in [9.17, 15) is 30.6 Å². The predicted molar refractivity (Wildman–Crippen MR) is 126 cm³/mol. The molecule has 1 unspecified atom stereocenters. The second kappa shape index (κ2) is 9.51. The number of hydrogen-bond donors (Lipinski definition) is 1. The summed E-state index contributed by atoms with van der Waals surface area (Å²) in [6.45, 7) is 1.35. The van der Waals surface area contributed by atoms with Crippen LogP contribution in [0.5, 0.6) is 0 Å². The van der Waals surface area contributed by atoms with Crippen molar-refractivity contribution in [2.24, 2.45) is 7.05 Å². The van der Waals surface area contributed by atoms with Crippen LogP contribution in [0.1, 0.15) is 18.5 Å². The first-order chi connectivity index (χ1) is 16.9. The molecule has 0 bridgehead atoms. The molecule has 4 aromatic rings. The van der Waals surface area contributed by atoms with Crippen LogP contribution in [-0.4, -0.2) is 34.3 Å². The van der Waals surface area contributed by atoms with Crippen LogP contribution >= 0.6 is 0 Å². The molecular formula is C24H20F3N3O4S2. The lowest BCUT2D eigenvalue weighted by molar-refractivity contribution is -0.174. The molecule has 0 fully saturated rings. The molecule has 1 N–H and O–H groups in total. The molecule has 7 nitrogen and oxygen atoms in total. The number of aromatic nitrogens is 2. The highest BCUT2D eigenvalue weighted by Crippen LogP contribution is 2.35. The maximum atomic E-state index is 13.7. The van der Waals surface area contributed by atoms with Crippen molar-refractivity contribution in [3.05, 3.63) is 78.8 Å². The number of amides is 1. The Morgan fingerprint density at radius 3 is 2.39 bits per heavy atom. The van der Waals surface area contributed by atoms with Gasteiger partial charge in [0.2, 0.25) is 9.84 Å². The van der Waals surface area contributed by atoms with Gasteiger partial charge in [-0.15, -0.1) is 0 Å². The minimum atomic E-state index is -5.03.